The van der Waals surface area contributed by atoms with E-state index in [0.717, 1.165) is 32.2 Å². The van der Waals surface area contributed by atoms with E-state index in [-0.39, 0.29) is 11.8 Å². The van der Waals surface area contributed by atoms with Crippen molar-refractivity contribution in [2.45, 2.75) is 50.4 Å². The normalized spacial score (nSPS) is 28.2. The van der Waals surface area contributed by atoms with Gasteiger partial charge in [-0.3, -0.25) is 0 Å². The van der Waals surface area contributed by atoms with E-state index in [1.54, 1.807) is 17.3 Å². The van der Waals surface area contributed by atoms with Crippen molar-refractivity contribution in [3.8, 4) is 0 Å². The first-order valence-electron chi connectivity index (χ1n) is 7.21. The number of aromatic nitrogens is 1. The maximum absolute atomic E-state index is 12.6. The van der Waals surface area contributed by atoms with E-state index in [1.165, 1.54) is 0 Å². The molecule has 0 bridgehead atoms. The van der Waals surface area contributed by atoms with Crippen molar-refractivity contribution in [1.29, 1.82) is 0 Å². The first-order valence-corrected chi connectivity index (χ1v) is 8.82. The van der Waals surface area contributed by atoms with Gasteiger partial charge in [-0.25, -0.2) is 8.42 Å². The summed E-state index contributed by atoms with van der Waals surface area (Å²) in [6.07, 6.45) is 4.10. The fourth-order valence-electron chi connectivity index (χ4n) is 3.31. The lowest BCUT2D eigenvalue weighted by Crippen LogP contribution is -2.46. The van der Waals surface area contributed by atoms with Gasteiger partial charge in [-0.15, -0.1) is 0 Å². The van der Waals surface area contributed by atoms with E-state index < -0.39 is 10.0 Å². The Balaban J connectivity index is 1.75. The maximum Gasteiger partial charge on any atom is 0.220 e. The minimum Gasteiger partial charge on any atom is -0.361 e. The Hall–Kier alpha value is -0.920. The van der Waals surface area contributed by atoms with Crippen molar-refractivity contribution < 1.29 is 12.9 Å². The summed E-state index contributed by atoms with van der Waals surface area (Å²) in [4.78, 5) is 0. The number of rotatable bonds is 4. The topological polar surface area (TPSA) is 75.4 Å². The van der Waals surface area contributed by atoms with Crippen LogP contribution in [-0.4, -0.2) is 43.1 Å². The van der Waals surface area contributed by atoms with Gasteiger partial charge < -0.3 is 9.84 Å². The van der Waals surface area contributed by atoms with Gasteiger partial charge in [-0.05, 0) is 39.2 Å². The molecule has 0 aromatic carbocycles. The molecule has 2 atom stereocenters. The van der Waals surface area contributed by atoms with Crippen molar-refractivity contribution >= 4 is 10.0 Å². The quantitative estimate of drug-likeness (QED) is 0.898. The van der Waals surface area contributed by atoms with E-state index in [0.29, 0.717) is 24.0 Å². The summed E-state index contributed by atoms with van der Waals surface area (Å²) in [6.45, 7) is 3.39. The second-order valence-electron chi connectivity index (χ2n) is 5.71. The van der Waals surface area contributed by atoms with Crippen LogP contribution in [0.1, 0.15) is 37.1 Å². The molecule has 0 saturated carbocycles. The van der Waals surface area contributed by atoms with E-state index >= 15 is 0 Å². The van der Waals surface area contributed by atoms with E-state index in [9.17, 15) is 8.42 Å². The van der Waals surface area contributed by atoms with E-state index in [2.05, 4.69) is 10.5 Å². The van der Waals surface area contributed by atoms with Crippen LogP contribution in [0.3, 0.4) is 0 Å². The van der Waals surface area contributed by atoms with E-state index in [4.69, 9.17) is 4.52 Å². The SMILES string of the molecule is Cc1cc(CS(=O)(=O)N2CCCC2C2CCCN2)no1. The number of nitrogens with zero attached hydrogens (tertiary/aromatic N) is 2. The minimum absolute atomic E-state index is 0.0619. The van der Waals surface area contributed by atoms with Crippen LogP contribution in [0, 0.1) is 6.92 Å². The molecule has 2 aliphatic heterocycles. The van der Waals surface area contributed by atoms with Crippen LogP contribution in [0.25, 0.3) is 0 Å². The zero-order valence-corrected chi connectivity index (χ0v) is 12.5. The van der Waals surface area contributed by atoms with Gasteiger partial charge in [0.25, 0.3) is 0 Å². The van der Waals surface area contributed by atoms with Crippen LogP contribution < -0.4 is 5.32 Å². The largest absolute Gasteiger partial charge is 0.361 e. The molecule has 0 radical (unpaired) electrons. The summed E-state index contributed by atoms with van der Waals surface area (Å²) >= 11 is 0. The smallest absolute Gasteiger partial charge is 0.220 e. The summed E-state index contributed by atoms with van der Waals surface area (Å²) in [5.41, 5.74) is 0.493. The van der Waals surface area contributed by atoms with Crippen molar-refractivity contribution in [3.63, 3.8) is 0 Å². The molecule has 20 heavy (non-hydrogen) atoms. The number of hydrogen-bond donors (Lipinski definition) is 1. The number of aryl methyl sites for hydroxylation is 1. The van der Waals surface area contributed by atoms with Crippen LogP contribution in [-0.2, 0) is 15.8 Å². The van der Waals surface area contributed by atoms with Crippen LogP contribution in [0.4, 0.5) is 0 Å². The lowest BCUT2D eigenvalue weighted by molar-refractivity contribution is 0.321. The Morgan fingerprint density at radius 1 is 1.45 bits per heavy atom. The Bertz CT molecular complexity index is 563. The fourth-order valence-corrected chi connectivity index (χ4v) is 5.06. The zero-order valence-electron chi connectivity index (χ0n) is 11.7. The van der Waals surface area contributed by atoms with Gasteiger partial charge in [-0.2, -0.15) is 4.31 Å². The third-order valence-electron chi connectivity index (χ3n) is 4.18. The van der Waals surface area contributed by atoms with Gasteiger partial charge in [0.1, 0.15) is 17.2 Å². The Kier molecular flexibility index (Phi) is 3.83. The second-order valence-corrected chi connectivity index (χ2v) is 7.63. The molecule has 0 amide bonds. The highest BCUT2D eigenvalue weighted by Crippen LogP contribution is 2.28. The van der Waals surface area contributed by atoms with Crippen molar-refractivity contribution in [1.82, 2.24) is 14.8 Å². The van der Waals surface area contributed by atoms with Crippen LogP contribution in [0.15, 0.2) is 10.6 Å². The molecule has 1 N–H and O–H groups in total. The van der Waals surface area contributed by atoms with Gasteiger partial charge in [-0.1, -0.05) is 5.16 Å². The first kappa shape index (κ1) is 14.0. The molecular weight excluding hydrogens is 278 g/mol. The minimum atomic E-state index is -3.32. The van der Waals surface area contributed by atoms with Crippen molar-refractivity contribution in [3.05, 3.63) is 17.5 Å². The van der Waals surface area contributed by atoms with E-state index in [1.807, 2.05) is 0 Å². The summed E-state index contributed by atoms with van der Waals surface area (Å²) in [5, 5.41) is 7.23. The summed E-state index contributed by atoms with van der Waals surface area (Å²) < 4.78 is 31.8. The molecule has 3 heterocycles. The standard InChI is InChI=1S/C13H21N3O3S/c1-10-8-11(15-19-10)9-20(17,18)16-7-3-5-13(16)12-4-2-6-14-12/h8,12-14H,2-7,9H2,1H3. The lowest BCUT2D eigenvalue weighted by atomic mass is 10.1. The zero-order chi connectivity index (χ0) is 14.2. The molecule has 1 aromatic rings. The van der Waals surface area contributed by atoms with Crippen molar-refractivity contribution in [2.75, 3.05) is 13.1 Å². The molecule has 3 rings (SSSR count). The molecule has 1 aromatic heterocycles. The van der Waals surface area contributed by atoms with Gasteiger partial charge in [0.2, 0.25) is 10.0 Å². The Morgan fingerprint density at radius 3 is 2.95 bits per heavy atom. The first-order chi connectivity index (χ1) is 9.56. The average molecular weight is 299 g/mol. The van der Waals surface area contributed by atoms with Crippen LogP contribution in [0.2, 0.25) is 0 Å². The Morgan fingerprint density at radius 2 is 2.30 bits per heavy atom. The number of sulfonamides is 1. The number of hydrogen-bond acceptors (Lipinski definition) is 5. The molecule has 112 valence electrons. The third-order valence-corrected chi connectivity index (χ3v) is 6.00. The second kappa shape index (κ2) is 5.46. The third kappa shape index (κ3) is 2.75. The van der Waals surface area contributed by atoms with Gasteiger partial charge >= 0.3 is 0 Å². The molecule has 0 aliphatic carbocycles. The Labute approximate surface area is 119 Å². The average Bonchev–Trinajstić information content (AvgIpc) is 3.06. The summed E-state index contributed by atoms with van der Waals surface area (Å²) in [7, 11) is -3.32. The van der Waals surface area contributed by atoms with Gasteiger partial charge in [0, 0.05) is 24.7 Å². The monoisotopic (exact) mass is 299 g/mol. The molecule has 2 saturated heterocycles. The molecule has 2 unspecified atom stereocenters. The molecule has 7 heteroatoms. The highest BCUT2D eigenvalue weighted by atomic mass is 32.2. The molecule has 6 nitrogen and oxygen atoms in total. The molecule has 0 spiro atoms. The molecule has 2 aliphatic rings. The maximum atomic E-state index is 12.6. The highest BCUT2D eigenvalue weighted by Gasteiger charge is 2.39. The van der Waals surface area contributed by atoms with Crippen molar-refractivity contribution in [2.24, 2.45) is 0 Å². The molecular formula is C13H21N3O3S. The predicted molar refractivity (Wildman–Crippen MR) is 74.6 cm³/mol. The van der Waals surface area contributed by atoms with Crippen LogP contribution >= 0.6 is 0 Å². The predicted octanol–water partition coefficient (Wildman–Crippen LogP) is 1.03. The summed E-state index contributed by atoms with van der Waals surface area (Å²) in [5.74, 6) is 0.582. The lowest BCUT2D eigenvalue weighted by Gasteiger charge is -2.28. The highest BCUT2D eigenvalue weighted by molar-refractivity contribution is 7.88. The van der Waals surface area contributed by atoms with Gasteiger partial charge in [0.15, 0.2) is 0 Å². The van der Waals surface area contributed by atoms with Crippen LogP contribution in [0.5, 0.6) is 0 Å². The summed E-state index contributed by atoms with van der Waals surface area (Å²) in [6, 6.07) is 2.11. The fraction of sp³-hybridized carbons (Fsp3) is 0.769. The van der Waals surface area contributed by atoms with Gasteiger partial charge in [0.05, 0.1) is 0 Å². The number of nitrogens with one attached hydrogen (secondary N) is 1. The molecule has 2 fully saturated rings.